The predicted octanol–water partition coefficient (Wildman–Crippen LogP) is 1.31. The van der Waals surface area contributed by atoms with E-state index in [0.29, 0.717) is 0 Å². The summed E-state index contributed by atoms with van der Waals surface area (Å²) in [4.78, 5) is 10.8. The number of alkyl halides is 1. The molecule has 3 heteroatoms. The smallest absolute Gasteiger partial charge is 0.164 e. The van der Waals surface area contributed by atoms with E-state index in [-0.39, 0.29) is 17.7 Å². The minimum Gasteiger partial charge on any atom is -0.321 e. The normalized spacial score (nSPS) is 13.1. The van der Waals surface area contributed by atoms with Crippen molar-refractivity contribution in [2.24, 2.45) is 5.73 Å². The number of nitrogens with two attached hydrogens (primary N) is 1. The summed E-state index contributed by atoms with van der Waals surface area (Å²) in [6.45, 7) is 2.07. The number of Topliss-reactive ketones (excluding diaryl/α,β-unsaturated/α-hetero) is 1. The van der Waals surface area contributed by atoms with Crippen LogP contribution in [0.25, 0.3) is 0 Å². The lowest BCUT2D eigenvalue weighted by Crippen LogP contribution is -2.31. The molecule has 0 aliphatic rings. The van der Waals surface area contributed by atoms with Crippen LogP contribution in [0.1, 0.15) is 26.2 Å². The molecule has 0 amide bonds. The Morgan fingerprint density at radius 1 is 1.70 bits per heavy atom. The monoisotopic (exact) mass is 163 g/mol. The molecule has 1 unspecified atom stereocenters. The van der Waals surface area contributed by atoms with Crippen LogP contribution in [-0.4, -0.2) is 17.7 Å². The second-order valence-corrected chi connectivity index (χ2v) is 2.62. The van der Waals surface area contributed by atoms with Gasteiger partial charge in [-0.2, -0.15) is 0 Å². The maximum atomic E-state index is 10.8. The molecule has 2 N–H and O–H groups in total. The van der Waals surface area contributed by atoms with E-state index in [0.717, 1.165) is 19.3 Å². The van der Waals surface area contributed by atoms with Crippen molar-refractivity contribution in [3.63, 3.8) is 0 Å². The van der Waals surface area contributed by atoms with Gasteiger partial charge in [0.15, 0.2) is 5.78 Å². The van der Waals surface area contributed by atoms with Crippen LogP contribution in [0.15, 0.2) is 0 Å². The summed E-state index contributed by atoms with van der Waals surface area (Å²) in [5.74, 6) is 0.000321. The first-order valence-electron chi connectivity index (χ1n) is 3.56. The second kappa shape index (κ2) is 5.69. The van der Waals surface area contributed by atoms with E-state index in [1.165, 1.54) is 0 Å². The molecule has 0 aromatic heterocycles. The summed E-state index contributed by atoms with van der Waals surface area (Å²) in [6, 6.07) is -0.336. The lowest BCUT2D eigenvalue weighted by atomic mass is 10.1. The summed E-state index contributed by atoms with van der Waals surface area (Å²) in [7, 11) is 0. The molecule has 0 aromatic rings. The maximum absolute atomic E-state index is 10.8. The number of carbonyl (C=O) groups is 1. The van der Waals surface area contributed by atoms with Gasteiger partial charge in [-0.15, -0.1) is 11.6 Å². The van der Waals surface area contributed by atoms with Gasteiger partial charge in [-0.1, -0.05) is 19.8 Å². The zero-order valence-corrected chi connectivity index (χ0v) is 7.03. The van der Waals surface area contributed by atoms with Gasteiger partial charge in [0.1, 0.15) is 0 Å². The Morgan fingerprint density at radius 2 is 2.30 bits per heavy atom. The average molecular weight is 164 g/mol. The van der Waals surface area contributed by atoms with Gasteiger partial charge < -0.3 is 5.73 Å². The van der Waals surface area contributed by atoms with E-state index in [1.54, 1.807) is 0 Å². The van der Waals surface area contributed by atoms with E-state index in [4.69, 9.17) is 17.3 Å². The van der Waals surface area contributed by atoms with Crippen LogP contribution in [0.3, 0.4) is 0 Å². The van der Waals surface area contributed by atoms with Crippen LogP contribution >= 0.6 is 11.6 Å². The lowest BCUT2D eigenvalue weighted by molar-refractivity contribution is -0.118. The van der Waals surface area contributed by atoms with Crippen molar-refractivity contribution in [3.8, 4) is 0 Å². The second-order valence-electron chi connectivity index (χ2n) is 2.35. The quantitative estimate of drug-likeness (QED) is 0.622. The number of ketones is 1. The highest BCUT2D eigenvalue weighted by Crippen LogP contribution is 1.99. The van der Waals surface area contributed by atoms with Crippen LogP contribution in [0.5, 0.6) is 0 Å². The molecule has 0 bridgehead atoms. The zero-order valence-electron chi connectivity index (χ0n) is 6.27. The standard InChI is InChI=1S/C7H14ClNO/c1-2-3-4-6(9)7(10)5-8/h6H,2-5,9H2,1H3. The van der Waals surface area contributed by atoms with Crippen molar-refractivity contribution >= 4 is 17.4 Å². The van der Waals surface area contributed by atoms with E-state index < -0.39 is 0 Å². The first-order valence-corrected chi connectivity index (χ1v) is 4.10. The van der Waals surface area contributed by atoms with Crippen LogP contribution in [-0.2, 0) is 4.79 Å². The molecule has 0 rings (SSSR count). The minimum atomic E-state index is -0.336. The molecule has 60 valence electrons. The summed E-state index contributed by atoms with van der Waals surface area (Å²) >= 11 is 5.30. The lowest BCUT2D eigenvalue weighted by Gasteiger charge is -2.05. The average Bonchev–Trinajstić information content (AvgIpc) is 1.98. The predicted molar refractivity (Wildman–Crippen MR) is 43.2 cm³/mol. The van der Waals surface area contributed by atoms with Gasteiger partial charge in [0.05, 0.1) is 11.9 Å². The van der Waals surface area contributed by atoms with Gasteiger partial charge in [0, 0.05) is 0 Å². The molecule has 1 atom stereocenters. The number of hydrogen-bond donors (Lipinski definition) is 1. The Kier molecular flexibility index (Phi) is 5.64. The van der Waals surface area contributed by atoms with Crippen molar-refractivity contribution in [1.29, 1.82) is 0 Å². The summed E-state index contributed by atoms with van der Waals surface area (Å²) in [6.07, 6.45) is 2.84. The Hall–Kier alpha value is -0.0800. The molecule has 2 nitrogen and oxygen atoms in total. The van der Waals surface area contributed by atoms with Crippen LogP contribution in [0.2, 0.25) is 0 Å². The van der Waals surface area contributed by atoms with E-state index in [2.05, 4.69) is 6.92 Å². The van der Waals surface area contributed by atoms with Gasteiger partial charge in [0.25, 0.3) is 0 Å². The number of rotatable bonds is 5. The molecule has 0 heterocycles. The molecule has 0 radical (unpaired) electrons. The third kappa shape index (κ3) is 3.85. The summed E-state index contributed by atoms with van der Waals surface area (Å²) < 4.78 is 0. The van der Waals surface area contributed by atoms with E-state index in [9.17, 15) is 4.79 Å². The molecule has 0 saturated carbocycles. The fourth-order valence-corrected chi connectivity index (χ4v) is 0.882. The highest BCUT2D eigenvalue weighted by atomic mass is 35.5. The maximum Gasteiger partial charge on any atom is 0.164 e. The number of carbonyl (C=O) groups excluding carboxylic acids is 1. The molecule has 0 aromatic carbocycles. The largest absolute Gasteiger partial charge is 0.321 e. The molecular weight excluding hydrogens is 150 g/mol. The zero-order chi connectivity index (χ0) is 7.98. The summed E-state index contributed by atoms with van der Waals surface area (Å²) in [5.41, 5.74) is 5.48. The van der Waals surface area contributed by atoms with Gasteiger partial charge in [-0.25, -0.2) is 0 Å². The molecule has 0 spiro atoms. The highest BCUT2D eigenvalue weighted by Gasteiger charge is 2.09. The van der Waals surface area contributed by atoms with E-state index >= 15 is 0 Å². The van der Waals surface area contributed by atoms with Crippen molar-refractivity contribution in [1.82, 2.24) is 0 Å². The third-order valence-corrected chi connectivity index (χ3v) is 1.68. The van der Waals surface area contributed by atoms with E-state index in [1.807, 2.05) is 0 Å². The number of halogens is 1. The first kappa shape index (κ1) is 9.92. The Bertz CT molecular complexity index is 106. The van der Waals surface area contributed by atoms with Crippen molar-refractivity contribution in [2.45, 2.75) is 32.2 Å². The highest BCUT2D eigenvalue weighted by molar-refractivity contribution is 6.28. The third-order valence-electron chi connectivity index (χ3n) is 1.41. The SMILES string of the molecule is CCCCC(N)C(=O)CCl. The topological polar surface area (TPSA) is 43.1 Å². The summed E-state index contributed by atoms with van der Waals surface area (Å²) in [5, 5.41) is 0. The minimum absolute atomic E-state index is 0.0462. The first-order chi connectivity index (χ1) is 4.72. The van der Waals surface area contributed by atoms with Gasteiger partial charge in [0.2, 0.25) is 0 Å². The van der Waals surface area contributed by atoms with Gasteiger partial charge in [-0.3, -0.25) is 4.79 Å². The van der Waals surface area contributed by atoms with Crippen molar-refractivity contribution in [3.05, 3.63) is 0 Å². The van der Waals surface area contributed by atoms with Crippen LogP contribution < -0.4 is 5.73 Å². The Labute approximate surface area is 66.7 Å². The fourth-order valence-electron chi connectivity index (χ4n) is 0.684. The molecule has 0 saturated heterocycles. The molecule has 0 fully saturated rings. The molecular formula is C7H14ClNO. The fraction of sp³-hybridized carbons (Fsp3) is 0.857. The Morgan fingerprint density at radius 3 is 2.70 bits per heavy atom. The van der Waals surface area contributed by atoms with Crippen LogP contribution in [0.4, 0.5) is 0 Å². The number of unbranched alkanes of at least 4 members (excludes halogenated alkanes) is 1. The van der Waals surface area contributed by atoms with Gasteiger partial charge in [-0.05, 0) is 6.42 Å². The van der Waals surface area contributed by atoms with Crippen molar-refractivity contribution < 1.29 is 4.79 Å². The molecule has 0 aliphatic heterocycles. The van der Waals surface area contributed by atoms with Gasteiger partial charge >= 0.3 is 0 Å². The number of hydrogen-bond acceptors (Lipinski definition) is 2. The van der Waals surface area contributed by atoms with Crippen molar-refractivity contribution in [2.75, 3.05) is 5.88 Å². The Balaban J connectivity index is 3.41. The molecule has 0 aliphatic carbocycles. The molecule has 10 heavy (non-hydrogen) atoms. The van der Waals surface area contributed by atoms with Crippen LogP contribution in [0, 0.1) is 0 Å².